The molecule has 0 saturated heterocycles. The largest absolute Gasteiger partial charge is 0.493 e. The van der Waals surface area contributed by atoms with Gasteiger partial charge in [0.15, 0.2) is 11.5 Å². The van der Waals surface area contributed by atoms with Gasteiger partial charge >= 0.3 is 0 Å². The average Bonchev–Trinajstić information content (AvgIpc) is 2.69. The molecule has 94 valence electrons. The lowest BCUT2D eigenvalue weighted by atomic mass is 10.0. The molecule has 1 aromatic carbocycles. The third kappa shape index (κ3) is 2.25. The first kappa shape index (κ1) is 12.2. The van der Waals surface area contributed by atoms with Gasteiger partial charge in [-0.05, 0) is 19.0 Å². The number of rotatable bonds is 5. The first-order valence-electron chi connectivity index (χ1n) is 6.38. The van der Waals surface area contributed by atoms with E-state index in [4.69, 9.17) is 9.47 Å². The van der Waals surface area contributed by atoms with Crippen molar-refractivity contribution in [1.82, 2.24) is 5.32 Å². The van der Waals surface area contributed by atoms with Crippen molar-refractivity contribution >= 4 is 0 Å². The van der Waals surface area contributed by atoms with Gasteiger partial charge in [-0.25, -0.2) is 0 Å². The van der Waals surface area contributed by atoms with E-state index in [0.29, 0.717) is 6.04 Å². The number of para-hydroxylation sites is 1. The molecule has 0 fully saturated rings. The fraction of sp³-hybridized carbons (Fsp3) is 0.571. The van der Waals surface area contributed by atoms with Crippen molar-refractivity contribution in [2.75, 3.05) is 13.7 Å². The average molecular weight is 235 g/mol. The Hall–Kier alpha value is -1.22. The van der Waals surface area contributed by atoms with Crippen molar-refractivity contribution in [3.05, 3.63) is 23.8 Å². The predicted molar refractivity (Wildman–Crippen MR) is 68.7 cm³/mol. The summed E-state index contributed by atoms with van der Waals surface area (Å²) in [4.78, 5) is 0. The van der Waals surface area contributed by atoms with E-state index in [9.17, 15) is 0 Å². The number of fused-ring (bicyclic) bond motifs is 1. The third-order valence-corrected chi connectivity index (χ3v) is 3.20. The Bertz CT molecular complexity index is 378. The highest BCUT2D eigenvalue weighted by molar-refractivity contribution is 5.51. The molecule has 3 heteroatoms. The Balaban J connectivity index is 2.31. The molecule has 0 bridgehead atoms. The Morgan fingerprint density at radius 1 is 1.35 bits per heavy atom. The molecule has 1 heterocycles. The van der Waals surface area contributed by atoms with Gasteiger partial charge in [-0.15, -0.1) is 0 Å². The minimum Gasteiger partial charge on any atom is -0.493 e. The van der Waals surface area contributed by atoms with E-state index in [0.717, 1.165) is 30.9 Å². The number of hydrogen-bond acceptors (Lipinski definition) is 3. The normalized spacial score (nSPS) is 22.1. The molecular formula is C14H21NO2. The lowest BCUT2D eigenvalue weighted by Gasteiger charge is -2.18. The molecule has 1 N–H and O–H groups in total. The van der Waals surface area contributed by atoms with Crippen LogP contribution in [0.25, 0.3) is 0 Å². The van der Waals surface area contributed by atoms with E-state index in [1.165, 1.54) is 5.56 Å². The SMILES string of the molecule is CCCC1Oc2c(OC)cccc2C1NCC. The van der Waals surface area contributed by atoms with Gasteiger partial charge < -0.3 is 14.8 Å². The van der Waals surface area contributed by atoms with Gasteiger partial charge in [0.05, 0.1) is 13.2 Å². The maximum atomic E-state index is 6.05. The van der Waals surface area contributed by atoms with Gasteiger partial charge in [-0.3, -0.25) is 0 Å². The lowest BCUT2D eigenvalue weighted by molar-refractivity contribution is 0.174. The van der Waals surface area contributed by atoms with E-state index in [1.54, 1.807) is 7.11 Å². The van der Waals surface area contributed by atoms with Crippen LogP contribution in [-0.4, -0.2) is 19.8 Å². The minimum absolute atomic E-state index is 0.228. The van der Waals surface area contributed by atoms with Crippen LogP contribution in [0, 0.1) is 0 Å². The number of hydrogen-bond donors (Lipinski definition) is 1. The summed E-state index contributed by atoms with van der Waals surface area (Å²) in [6, 6.07) is 6.40. The fourth-order valence-electron chi connectivity index (χ4n) is 2.46. The van der Waals surface area contributed by atoms with Gasteiger partial charge in [-0.1, -0.05) is 32.4 Å². The number of benzene rings is 1. The van der Waals surface area contributed by atoms with Crippen molar-refractivity contribution in [3.63, 3.8) is 0 Å². The first-order valence-corrected chi connectivity index (χ1v) is 6.38. The van der Waals surface area contributed by atoms with Crippen LogP contribution < -0.4 is 14.8 Å². The van der Waals surface area contributed by atoms with E-state index in [-0.39, 0.29) is 6.10 Å². The number of methoxy groups -OCH3 is 1. The van der Waals surface area contributed by atoms with E-state index in [1.807, 2.05) is 12.1 Å². The highest BCUT2D eigenvalue weighted by Gasteiger charge is 2.34. The second-order valence-electron chi connectivity index (χ2n) is 4.36. The summed E-state index contributed by atoms with van der Waals surface area (Å²) < 4.78 is 11.4. The molecule has 0 saturated carbocycles. The maximum Gasteiger partial charge on any atom is 0.166 e. The van der Waals surface area contributed by atoms with E-state index < -0.39 is 0 Å². The van der Waals surface area contributed by atoms with Gasteiger partial charge in [0.25, 0.3) is 0 Å². The zero-order valence-corrected chi connectivity index (χ0v) is 10.8. The van der Waals surface area contributed by atoms with Crippen LogP contribution in [0.15, 0.2) is 18.2 Å². The molecule has 0 spiro atoms. The van der Waals surface area contributed by atoms with Crippen LogP contribution in [0.3, 0.4) is 0 Å². The summed E-state index contributed by atoms with van der Waals surface area (Å²) in [7, 11) is 1.69. The zero-order chi connectivity index (χ0) is 12.3. The van der Waals surface area contributed by atoms with E-state index >= 15 is 0 Å². The van der Waals surface area contributed by atoms with Gasteiger partial charge in [0, 0.05) is 5.56 Å². The fourth-order valence-corrected chi connectivity index (χ4v) is 2.46. The maximum absolute atomic E-state index is 6.05. The first-order chi connectivity index (χ1) is 8.31. The number of likely N-dealkylation sites (N-methyl/N-ethyl adjacent to an activating group) is 1. The molecule has 1 aromatic rings. The van der Waals surface area contributed by atoms with Gasteiger partial charge in [-0.2, -0.15) is 0 Å². The summed E-state index contributed by atoms with van der Waals surface area (Å²) in [5.74, 6) is 1.75. The number of nitrogens with one attached hydrogen (secondary N) is 1. The van der Waals surface area contributed by atoms with Crippen molar-refractivity contribution in [2.45, 2.75) is 38.8 Å². The lowest BCUT2D eigenvalue weighted by Crippen LogP contribution is -2.30. The Morgan fingerprint density at radius 3 is 2.82 bits per heavy atom. The quantitative estimate of drug-likeness (QED) is 0.851. The number of ether oxygens (including phenoxy) is 2. The molecule has 1 aliphatic rings. The Kier molecular flexibility index (Phi) is 3.89. The molecular weight excluding hydrogens is 214 g/mol. The Morgan fingerprint density at radius 2 is 2.18 bits per heavy atom. The second kappa shape index (κ2) is 5.41. The standard InChI is InChI=1S/C14H21NO2/c1-4-7-11-13(15-5-2)10-8-6-9-12(16-3)14(10)17-11/h6,8-9,11,13,15H,4-5,7H2,1-3H3. The highest BCUT2D eigenvalue weighted by atomic mass is 16.5. The molecule has 0 aromatic heterocycles. The van der Waals surface area contributed by atoms with Crippen LogP contribution in [0.1, 0.15) is 38.3 Å². The summed E-state index contributed by atoms with van der Waals surface area (Å²) in [6.07, 6.45) is 2.42. The van der Waals surface area contributed by atoms with Crippen molar-refractivity contribution < 1.29 is 9.47 Å². The summed E-state index contributed by atoms with van der Waals surface area (Å²) in [5, 5.41) is 3.51. The monoisotopic (exact) mass is 235 g/mol. The molecule has 17 heavy (non-hydrogen) atoms. The molecule has 2 rings (SSSR count). The second-order valence-corrected chi connectivity index (χ2v) is 4.36. The smallest absolute Gasteiger partial charge is 0.166 e. The minimum atomic E-state index is 0.228. The van der Waals surface area contributed by atoms with Crippen LogP contribution in [0.4, 0.5) is 0 Å². The van der Waals surface area contributed by atoms with Crippen molar-refractivity contribution in [3.8, 4) is 11.5 Å². The van der Waals surface area contributed by atoms with Gasteiger partial charge in [0.2, 0.25) is 0 Å². The molecule has 3 nitrogen and oxygen atoms in total. The highest BCUT2D eigenvalue weighted by Crippen LogP contribution is 2.44. The van der Waals surface area contributed by atoms with E-state index in [2.05, 4.69) is 25.2 Å². The summed E-state index contributed by atoms with van der Waals surface area (Å²) in [5.41, 5.74) is 1.23. The third-order valence-electron chi connectivity index (χ3n) is 3.20. The summed E-state index contributed by atoms with van der Waals surface area (Å²) in [6.45, 7) is 5.26. The Labute approximate surface area is 103 Å². The molecule has 2 unspecified atom stereocenters. The molecule has 0 amide bonds. The van der Waals surface area contributed by atoms with Crippen molar-refractivity contribution in [1.29, 1.82) is 0 Å². The topological polar surface area (TPSA) is 30.5 Å². The predicted octanol–water partition coefficient (Wildman–Crippen LogP) is 2.91. The van der Waals surface area contributed by atoms with Crippen LogP contribution in [0.2, 0.25) is 0 Å². The van der Waals surface area contributed by atoms with Crippen LogP contribution >= 0.6 is 0 Å². The van der Waals surface area contributed by atoms with Gasteiger partial charge in [0.1, 0.15) is 6.10 Å². The molecule has 1 aliphatic heterocycles. The zero-order valence-electron chi connectivity index (χ0n) is 10.8. The molecule has 0 aliphatic carbocycles. The molecule has 0 radical (unpaired) electrons. The van der Waals surface area contributed by atoms with Crippen LogP contribution in [0.5, 0.6) is 11.5 Å². The van der Waals surface area contributed by atoms with Crippen LogP contribution in [-0.2, 0) is 0 Å². The molecule has 2 atom stereocenters. The summed E-state index contributed by atoms with van der Waals surface area (Å²) >= 11 is 0. The van der Waals surface area contributed by atoms with Crippen molar-refractivity contribution in [2.24, 2.45) is 0 Å².